The van der Waals surface area contributed by atoms with E-state index in [0.717, 1.165) is 12.8 Å². The summed E-state index contributed by atoms with van der Waals surface area (Å²) in [5, 5.41) is 0. The minimum atomic E-state index is -0.0556. The standard InChI is InChI=1S/C14H24O2/c1-7-13-10(2,3)8-9-14(11(4,5)15-14)12(13,6)16-13/h7-9H2,1-6H3. The Morgan fingerprint density at radius 2 is 1.50 bits per heavy atom. The topological polar surface area (TPSA) is 25.1 Å². The molecular formula is C14H24O2. The van der Waals surface area contributed by atoms with Gasteiger partial charge in [-0.15, -0.1) is 0 Å². The lowest BCUT2D eigenvalue weighted by atomic mass is 9.57. The zero-order valence-corrected chi connectivity index (χ0v) is 11.4. The molecule has 0 aromatic heterocycles. The third kappa shape index (κ3) is 0.799. The Morgan fingerprint density at radius 3 is 1.94 bits per heavy atom. The molecule has 1 spiro atoms. The van der Waals surface area contributed by atoms with Crippen molar-refractivity contribution >= 4 is 0 Å². The molecule has 3 rings (SSSR count). The van der Waals surface area contributed by atoms with Crippen LogP contribution in [0.1, 0.15) is 60.8 Å². The summed E-state index contributed by atoms with van der Waals surface area (Å²) in [7, 11) is 0. The van der Waals surface area contributed by atoms with Crippen molar-refractivity contribution < 1.29 is 9.47 Å². The van der Waals surface area contributed by atoms with Gasteiger partial charge in [-0.1, -0.05) is 20.8 Å². The van der Waals surface area contributed by atoms with Gasteiger partial charge < -0.3 is 9.47 Å². The van der Waals surface area contributed by atoms with Crippen LogP contribution in [0, 0.1) is 5.41 Å². The summed E-state index contributed by atoms with van der Waals surface area (Å²) in [4.78, 5) is 0. The van der Waals surface area contributed by atoms with Gasteiger partial charge >= 0.3 is 0 Å². The van der Waals surface area contributed by atoms with Crippen LogP contribution in [-0.2, 0) is 9.47 Å². The summed E-state index contributed by atoms with van der Waals surface area (Å²) in [5.74, 6) is 0. The van der Waals surface area contributed by atoms with Gasteiger partial charge in [-0.05, 0) is 45.4 Å². The number of fused-ring (bicyclic) bond motifs is 2. The molecule has 16 heavy (non-hydrogen) atoms. The van der Waals surface area contributed by atoms with Crippen LogP contribution >= 0.6 is 0 Å². The van der Waals surface area contributed by atoms with E-state index in [-0.39, 0.29) is 27.8 Å². The number of hydrogen-bond donors (Lipinski definition) is 0. The minimum absolute atomic E-state index is 0.00840. The first-order valence-corrected chi connectivity index (χ1v) is 6.58. The summed E-state index contributed by atoms with van der Waals surface area (Å²) >= 11 is 0. The lowest BCUT2D eigenvalue weighted by Gasteiger charge is -2.41. The Hall–Kier alpha value is -0.0800. The van der Waals surface area contributed by atoms with Gasteiger partial charge in [0.05, 0.1) is 5.60 Å². The average Bonchev–Trinajstić information content (AvgIpc) is 2.97. The van der Waals surface area contributed by atoms with Crippen LogP contribution < -0.4 is 0 Å². The summed E-state index contributed by atoms with van der Waals surface area (Å²) < 4.78 is 12.4. The molecule has 92 valence electrons. The highest BCUT2D eigenvalue weighted by atomic mass is 16.7. The molecule has 3 unspecified atom stereocenters. The van der Waals surface area contributed by atoms with Crippen LogP contribution in [0.25, 0.3) is 0 Å². The van der Waals surface area contributed by atoms with Crippen molar-refractivity contribution in [2.75, 3.05) is 0 Å². The maximum atomic E-state index is 6.31. The Morgan fingerprint density at radius 1 is 0.938 bits per heavy atom. The highest BCUT2D eigenvalue weighted by Gasteiger charge is 2.90. The molecular weight excluding hydrogens is 200 g/mol. The largest absolute Gasteiger partial charge is 0.360 e. The van der Waals surface area contributed by atoms with Crippen LogP contribution in [0.15, 0.2) is 0 Å². The Kier molecular flexibility index (Phi) is 1.64. The van der Waals surface area contributed by atoms with E-state index in [9.17, 15) is 0 Å². The number of rotatable bonds is 1. The van der Waals surface area contributed by atoms with Crippen molar-refractivity contribution in [3.8, 4) is 0 Å². The number of ether oxygens (including phenoxy) is 2. The van der Waals surface area contributed by atoms with Gasteiger partial charge in [0.15, 0.2) is 0 Å². The lowest BCUT2D eigenvalue weighted by molar-refractivity contribution is 0.0918. The molecule has 3 fully saturated rings. The fourth-order valence-electron chi connectivity index (χ4n) is 4.77. The van der Waals surface area contributed by atoms with Crippen molar-refractivity contribution in [3.05, 3.63) is 0 Å². The minimum Gasteiger partial charge on any atom is -0.360 e. The van der Waals surface area contributed by atoms with E-state index in [2.05, 4.69) is 41.5 Å². The molecule has 0 bridgehead atoms. The molecule has 1 aliphatic carbocycles. The van der Waals surface area contributed by atoms with Crippen molar-refractivity contribution in [2.45, 2.75) is 83.2 Å². The Balaban J connectivity index is 2.04. The zero-order valence-electron chi connectivity index (χ0n) is 11.4. The van der Waals surface area contributed by atoms with Gasteiger partial charge in [0.1, 0.15) is 16.8 Å². The monoisotopic (exact) mass is 224 g/mol. The van der Waals surface area contributed by atoms with Gasteiger partial charge in [-0.3, -0.25) is 0 Å². The maximum Gasteiger partial charge on any atom is 0.129 e. The summed E-state index contributed by atoms with van der Waals surface area (Å²) in [6.07, 6.45) is 3.45. The van der Waals surface area contributed by atoms with Crippen molar-refractivity contribution in [2.24, 2.45) is 5.41 Å². The molecule has 2 aliphatic heterocycles. The van der Waals surface area contributed by atoms with Gasteiger partial charge in [-0.25, -0.2) is 0 Å². The van der Waals surface area contributed by atoms with E-state index in [0.29, 0.717) is 0 Å². The molecule has 0 amide bonds. The predicted molar refractivity (Wildman–Crippen MR) is 63.4 cm³/mol. The van der Waals surface area contributed by atoms with Crippen molar-refractivity contribution in [1.82, 2.24) is 0 Å². The number of epoxide rings is 2. The molecule has 1 saturated carbocycles. The lowest BCUT2D eigenvalue weighted by Crippen LogP contribution is -2.52. The molecule has 3 atom stereocenters. The van der Waals surface area contributed by atoms with Crippen LogP contribution in [0.3, 0.4) is 0 Å². The van der Waals surface area contributed by atoms with E-state index < -0.39 is 0 Å². The highest BCUT2D eigenvalue weighted by molar-refractivity contribution is 5.38. The quantitative estimate of drug-likeness (QED) is 0.638. The Labute approximate surface area is 98.7 Å². The second-order valence-electron chi connectivity index (χ2n) is 7.14. The van der Waals surface area contributed by atoms with Gasteiger partial charge in [0, 0.05) is 0 Å². The van der Waals surface area contributed by atoms with E-state index >= 15 is 0 Å². The smallest absolute Gasteiger partial charge is 0.129 e. The van der Waals surface area contributed by atoms with E-state index in [1.54, 1.807) is 0 Å². The normalized spacial score (nSPS) is 55.9. The van der Waals surface area contributed by atoms with E-state index in [4.69, 9.17) is 9.47 Å². The highest BCUT2D eigenvalue weighted by Crippen LogP contribution is 2.77. The van der Waals surface area contributed by atoms with E-state index in [1.807, 2.05) is 0 Å². The van der Waals surface area contributed by atoms with Gasteiger partial charge in [-0.2, -0.15) is 0 Å². The zero-order chi connectivity index (χ0) is 12.0. The SMILES string of the molecule is CCC12OC1(C)C1(CCC2(C)C)OC1(C)C. The fraction of sp³-hybridized carbons (Fsp3) is 1.00. The first kappa shape index (κ1) is 11.0. The Bertz CT molecular complexity index is 360. The van der Waals surface area contributed by atoms with Crippen LogP contribution in [0.2, 0.25) is 0 Å². The molecule has 0 aromatic rings. The van der Waals surface area contributed by atoms with Crippen LogP contribution in [0.5, 0.6) is 0 Å². The summed E-state index contributed by atoms with van der Waals surface area (Å²) in [6.45, 7) is 13.6. The molecule has 0 radical (unpaired) electrons. The van der Waals surface area contributed by atoms with E-state index in [1.165, 1.54) is 6.42 Å². The third-order valence-corrected chi connectivity index (χ3v) is 5.93. The summed E-state index contributed by atoms with van der Waals surface area (Å²) in [5.41, 5.74) is 0.274. The molecule has 2 heterocycles. The third-order valence-electron chi connectivity index (χ3n) is 5.93. The molecule has 2 heteroatoms. The first-order valence-electron chi connectivity index (χ1n) is 6.58. The second-order valence-corrected chi connectivity index (χ2v) is 7.14. The first-order chi connectivity index (χ1) is 7.18. The number of hydrogen-bond acceptors (Lipinski definition) is 2. The van der Waals surface area contributed by atoms with Crippen LogP contribution in [-0.4, -0.2) is 22.4 Å². The van der Waals surface area contributed by atoms with Gasteiger partial charge in [0.2, 0.25) is 0 Å². The predicted octanol–water partition coefficient (Wildman–Crippen LogP) is 3.29. The molecule has 0 aromatic carbocycles. The maximum absolute atomic E-state index is 6.31. The fourth-order valence-corrected chi connectivity index (χ4v) is 4.77. The van der Waals surface area contributed by atoms with Crippen molar-refractivity contribution in [1.29, 1.82) is 0 Å². The molecule has 2 saturated heterocycles. The molecule has 3 aliphatic rings. The average molecular weight is 224 g/mol. The van der Waals surface area contributed by atoms with Gasteiger partial charge in [0.25, 0.3) is 0 Å². The molecule has 2 nitrogen and oxygen atoms in total. The second kappa shape index (κ2) is 2.37. The van der Waals surface area contributed by atoms with Crippen molar-refractivity contribution in [3.63, 3.8) is 0 Å². The van der Waals surface area contributed by atoms with Crippen LogP contribution in [0.4, 0.5) is 0 Å². The summed E-state index contributed by atoms with van der Waals surface area (Å²) in [6, 6.07) is 0. The molecule has 0 N–H and O–H groups in total.